The third-order valence-corrected chi connectivity index (χ3v) is 7.07. The number of hydrogen-bond acceptors (Lipinski definition) is 4. The minimum atomic E-state index is -1.23. The lowest BCUT2D eigenvalue weighted by molar-refractivity contribution is 0.0873. The lowest BCUT2D eigenvalue weighted by atomic mass is 9.86. The van der Waals surface area contributed by atoms with E-state index in [4.69, 9.17) is 9.51 Å². The minimum absolute atomic E-state index is 0.242. The Bertz CT molecular complexity index is 1560. The summed E-state index contributed by atoms with van der Waals surface area (Å²) >= 11 is 0. The first kappa shape index (κ1) is 20.9. The van der Waals surface area contributed by atoms with E-state index in [1.807, 2.05) is 49.0 Å². The van der Waals surface area contributed by atoms with Gasteiger partial charge >= 0.3 is 5.69 Å². The topological polar surface area (TPSA) is 92.5 Å². The molecule has 34 heavy (non-hydrogen) atoms. The molecular weight excluding hydrogens is 433 g/mol. The average molecular weight is 460 g/mol. The Kier molecular flexibility index (Phi) is 4.72. The molecule has 6 rings (SSSR count). The molecule has 1 saturated carbocycles. The molecule has 0 atom stereocenters. The zero-order chi connectivity index (χ0) is 23.4. The molecule has 0 spiro atoms. The molecule has 1 fully saturated rings. The molecule has 0 unspecified atom stereocenters. The summed E-state index contributed by atoms with van der Waals surface area (Å²) < 4.78 is 23.2. The lowest BCUT2D eigenvalue weighted by Gasteiger charge is -2.30. The fraction of sp³-hybridized carbons (Fsp3) is 0.346. The van der Waals surface area contributed by atoms with E-state index in [1.165, 1.54) is 0 Å². The van der Waals surface area contributed by atoms with Crippen LogP contribution in [0.25, 0.3) is 44.3 Å². The minimum Gasteiger partial charge on any atom is -0.361 e. The summed E-state index contributed by atoms with van der Waals surface area (Å²) in [5.74, 6) is 0.730. The number of pyridine rings is 1. The number of halogens is 1. The number of hydrogen-bond donors (Lipinski definition) is 2. The second-order valence-corrected chi connectivity index (χ2v) is 9.51. The summed E-state index contributed by atoms with van der Waals surface area (Å²) in [5.41, 5.74) is 6.12. The second kappa shape index (κ2) is 7.68. The standard InChI is InChI=1S/C26H26FN5O2/c1-15-23(16(2)34-31-15)18-11-22-24(28-12-18)19(13-32(22)14-26(27)8-4-3-5-9-26)17-6-7-20-21(10-17)30-25(33)29-20/h6-7,10-13H,3-5,8-9,14H2,1-2H3,(H2,29,30,33). The number of fused-ring (bicyclic) bond motifs is 2. The SMILES string of the molecule is Cc1noc(C)c1-c1cnc2c(-c3ccc4[nH]c(=O)[nH]c4c3)cn(CC3(F)CCCCC3)c2c1. The van der Waals surface area contributed by atoms with Crippen LogP contribution in [0.3, 0.4) is 0 Å². The Balaban J connectivity index is 1.54. The van der Waals surface area contributed by atoms with E-state index in [-0.39, 0.29) is 5.69 Å². The molecule has 0 amide bonds. The van der Waals surface area contributed by atoms with Crippen LogP contribution >= 0.6 is 0 Å². The van der Waals surface area contributed by atoms with Crippen molar-refractivity contribution in [3.8, 4) is 22.3 Å². The number of nitrogens with one attached hydrogen (secondary N) is 2. The predicted molar refractivity (Wildman–Crippen MR) is 130 cm³/mol. The number of imidazole rings is 1. The van der Waals surface area contributed by atoms with Gasteiger partial charge in [0.25, 0.3) is 0 Å². The number of H-pyrrole nitrogens is 2. The second-order valence-electron chi connectivity index (χ2n) is 9.51. The maximum absolute atomic E-state index is 15.8. The van der Waals surface area contributed by atoms with Gasteiger partial charge in [-0.25, -0.2) is 9.18 Å². The Morgan fingerprint density at radius 2 is 1.88 bits per heavy atom. The Labute approximate surface area is 195 Å². The molecule has 8 heteroatoms. The van der Waals surface area contributed by atoms with Crippen LogP contribution in [0.5, 0.6) is 0 Å². The molecule has 1 aliphatic carbocycles. The number of rotatable bonds is 4. The number of aryl methyl sites for hydroxylation is 2. The fourth-order valence-corrected chi connectivity index (χ4v) is 5.39. The van der Waals surface area contributed by atoms with E-state index in [0.29, 0.717) is 19.4 Å². The lowest BCUT2D eigenvalue weighted by Crippen LogP contribution is -2.31. The molecule has 2 N–H and O–H groups in total. The summed E-state index contributed by atoms with van der Waals surface area (Å²) in [7, 11) is 0. The van der Waals surface area contributed by atoms with E-state index in [2.05, 4.69) is 21.2 Å². The molecule has 7 nitrogen and oxygen atoms in total. The highest BCUT2D eigenvalue weighted by molar-refractivity contribution is 5.96. The predicted octanol–water partition coefficient (Wildman–Crippen LogP) is 5.82. The first-order valence-electron chi connectivity index (χ1n) is 11.7. The van der Waals surface area contributed by atoms with Gasteiger partial charge in [-0.15, -0.1) is 0 Å². The van der Waals surface area contributed by atoms with Crippen LogP contribution < -0.4 is 5.69 Å². The van der Waals surface area contributed by atoms with E-state index in [1.54, 1.807) is 0 Å². The number of nitrogens with zero attached hydrogens (tertiary/aromatic N) is 3. The van der Waals surface area contributed by atoms with Gasteiger partial charge in [-0.3, -0.25) is 4.98 Å². The van der Waals surface area contributed by atoms with Crippen molar-refractivity contribution >= 4 is 22.1 Å². The van der Waals surface area contributed by atoms with Gasteiger partial charge < -0.3 is 19.1 Å². The molecular formula is C26H26FN5O2. The van der Waals surface area contributed by atoms with Gasteiger partial charge in [0.2, 0.25) is 0 Å². The first-order valence-corrected chi connectivity index (χ1v) is 11.7. The maximum atomic E-state index is 15.8. The molecule has 1 aliphatic rings. The van der Waals surface area contributed by atoms with Crippen molar-refractivity contribution in [3.63, 3.8) is 0 Å². The van der Waals surface area contributed by atoms with Gasteiger partial charge in [-0.05, 0) is 50.5 Å². The van der Waals surface area contributed by atoms with Gasteiger partial charge in [-0.2, -0.15) is 0 Å². The highest BCUT2D eigenvalue weighted by atomic mass is 19.1. The maximum Gasteiger partial charge on any atom is 0.323 e. The molecule has 1 aromatic carbocycles. The summed E-state index contributed by atoms with van der Waals surface area (Å²) in [6.45, 7) is 4.08. The quantitative estimate of drug-likeness (QED) is 0.354. The molecule has 4 heterocycles. The van der Waals surface area contributed by atoms with Gasteiger partial charge in [0.05, 0.1) is 34.3 Å². The van der Waals surface area contributed by atoms with Crippen LogP contribution in [0.4, 0.5) is 4.39 Å². The van der Waals surface area contributed by atoms with Crippen molar-refractivity contribution in [2.45, 2.75) is 58.2 Å². The van der Waals surface area contributed by atoms with Crippen molar-refractivity contribution in [1.29, 1.82) is 0 Å². The Morgan fingerprint density at radius 3 is 2.65 bits per heavy atom. The van der Waals surface area contributed by atoms with Crippen LogP contribution in [0, 0.1) is 13.8 Å². The molecule has 0 radical (unpaired) electrons. The zero-order valence-electron chi connectivity index (χ0n) is 19.2. The van der Waals surface area contributed by atoms with Gasteiger partial charge in [0, 0.05) is 29.1 Å². The van der Waals surface area contributed by atoms with Crippen LogP contribution in [0.2, 0.25) is 0 Å². The van der Waals surface area contributed by atoms with Crippen molar-refractivity contribution in [2.75, 3.05) is 0 Å². The molecule has 0 aliphatic heterocycles. The van der Waals surface area contributed by atoms with E-state index < -0.39 is 5.67 Å². The summed E-state index contributed by atoms with van der Waals surface area (Å²) in [6, 6.07) is 7.83. The van der Waals surface area contributed by atoms with Crippen LogP contribution in [0.15, 0.2) is 46.0 Å². The fourth-order valence-electron chi connectivity index (χ4n) is 5.39. The monoisotopic (exact) mass is 459 g/mol. The summed E-state index contributed by atoms with van der Waals surface area (Å²) in [6.07, 6.45) is 7.91. The van der Waals surface area contributed by atoms with Crippen molar-refractivity contribution in [1.82, 2.24) is 24.7 Å². The third kappa shape index (κ3) is 3.45. The summed E-state index contributed by atoms with van der Waals surface area (Å²) in [4.78, 5) is 22.2. The van der Waals surface area contributed by atoms with Crippen molar-refractivity contribution < 1.29 is 8.91 Å². The van der Waals surface area contributed by atoms with Crippen molar-refractivity contribution in [3.05, 3.63) is 58.6 Å². The highest BCUT2D eigenvalue weighted by Crippen LogP contribution is 2.38. The van der Waals surface area contributed by atoms with Gasteiger partial charge in [0.1, 0.15) is 11.4 Å². The third-order valence-electron chi connectivity index (χ3n) is 7.07. The molecule has 0 bridgehead atoms. The largest absolute Gasteiger partial charge is 0.361 e. The van der Waals surface area contributed by atoms with Crippen LogP contribution in [0.1, 0.15) is 43.6 Å². The zero-order valence-corrected chi connectivity index (χ0v) is 19.2. The van der Waals surface area contributed by atoms with E-state index in [9.17, 15) is 4.79 Å². The Hall–Kier alpha value is -3.68. The first-order chi connectivity index (χ1) is 16.4. The number of aromatic amines is 2. The normalized spacial score (nSPS) is 16.0. The smallest absolute Gasteiger partial charge is 0.323 e. The number of alkyl halides is 1. The van der Waals surface area contributed by atoms with Crippen molar-refractivity contribution in [2.24, 2.45) is 0 Å². The average Bonchev–Trinajstić information content (AvgIpc) is 3.47. The van der Waals surface area contributed by atoms with E-state index in [0.717, 1.165) is 75.0 Å². The summed E-state index contributed by atoms with van der Waals surface area (Å²) in [5, 5.41) is 4.08. The van der Waals surface area contributed by atoms with Crippen LogP contribution in [-0.4, -0.2) is 30.3 Å². The number of aromatic nitrogens is 5. The van der Waals surface area contributed by atoms with E-state index >= 15 is 4.39 Å². The molecule has 4 aromatic heterocycles. The number of benzene rings is 1. The van der Waals surface area contributed by atoms with Gasteiger partial charge in [0.15, 0.2) is 0 Å². The molecule has 0 saturated heterocycles. The molecule has 174 valence electrons. The van der Waals surface area contributed by atoms with Gasteiger partial charge in [-0.1, -0.05) is 30.5 Å². The Morgan fingerprint density at radius 1 is 1.09 bits per heavy atom. The molecule has 5 aromatic rings. The highest BCUT2D eigenvalue weighted by Gasteiger charge is 2.33. The van der Waals surface area contributed by atoms with Crippen LogP contribution in [-0.2, 0) is 6.54 Å².